The molecule has 6 rings (SSSR count). The summed E-state index contributed by atoms with van der Waals surface area (Å²) in [7, 11) is 0. The molecule has 3 N–H and O–H groups in total. The zero-order chi connectivity index (χ0) is 26.8. The number of fused-ring (bicyclic) bond motifs is 2. The third-order valence-electron chi connectivity index (χ3n) is 7.83. The zero-order valence-corrected chi connectivity index (χ0v) is 22.0. The lowest BCUT2D eigenvalue weighted by Gasteiger charge is -2.39. The largest absolute Gasteiger partial charge is 0.470 e. The number of aromatic nitrogens is 3. The smallest absolute Gasteiger partial charge is 0.340 e. The van der Waals surface area contributed by atoms with Crippen LogP contribution in [0.3, 0.4) is 0 Å². The van der Waals surface area contributed by atoms with Gasteiger partial charge in [0.25, 0.3) is 0 Å². The fourth-order valence-electron chi connectivity index (χ4n) is 4.99. The van der Waals surface area contributed by atoms with Gasteiger partial charge in [0.2, 0.25) is 11.8 Å². The molecule has 2 atom stereocenters. The Hall–Kier alpha value is -3.79. The molecule has 10 heteroatoms. The summed E-state index contributed by atoms with van der Waals surface area (Å²) >= 11 is 0. The van der Waals surface area contributed by atoms with Crippen LogP contribution in [0, 0.1) is 5.92 Å². The van der Waals surface area contributed by atoms with Gasteiger partial charge in [-0.3, -0.25) is 4.79 Å². The molecule has 2 unspecified atom stereocenters. The number of nitrogens with one attached hydrogen (secondary N) is 1. The first-order valence-corrected chi connectivity index (χ1v) is 13.1. The van der Waals surface area contributed by atoms with Gasteiger partial charge in [0.1, 0.15) is 23.3 Å². The highest BCUT2D eigenvalue weighted by Gasteiger charge is 2.41. The number of carbonyl (C=O) groups excluding carboxylic acids is 2. The van der Waals surface area contributed by atoms with Crippen molar-refractivity contribution in [3.05, 3.63) is 47.4 Å². The summed E-state index contributed by atoms with van der Waals surface area (Å²) in [6, 6.07) is 5.14. The molecule has 198 valence electrons. The lowest BCUT2D eigenvalue weighted by Crippen LogP contribution is -2.56. The van der Waals surface area contributed by atoms with Crippen LogP contribution in [0.15, 0.2) is 30.6 Å². The average molecular weight is 517 g/mol. The van der Waals surface area contributed by atoms with Crippen LogP contribution in [0.1, 0.15) is 74.1 Å². The van der Waals surface area contributed by atoms with E-state index >= 15 is 0 Å². The second-order valence-electron chi connectivity index (χ2n) is 11.1. The first-order valence-electron chi connectivity index (χ1n) is 13.1. The number of hydrogen-bond acceptors (Lipinski definition) is 9. The number of pyridine rings is 3. The summed E-state index contributed by atoms with van der Waals surface area (Å²) < 4.78 is 11.8. The van der Waals surface area contributed by atoms with Crippen molar-refractivity contribution in [2.45, 2.75) is 64.2 Å². The predicted octanol–water partition coefficient (Wildman–Crippen LogP) is 3.84. The molecule has 5 heterocycles. The second kappa shape index (κ2) is 8.90. The maximum Gasteiger partial charge on any atom is 0.340 e. The third-order valence-corrected chi connectivity index (χ3v) is 7.83. The van der Waals surface area contributed by atoms with E-state index in [1.165, 1.54) is 0 Å². The van der Waals surface area contributed by atoms with E-state index < -0.39 is 5.60 Å². The number of rotatable bonds is 6. The monoisotopic (exact) mass is 516 g/mol. The van der Waals surface area contributed by atoms with E-state index in [2.05, 4.69) is 15.3 Å². The molecule has 0 aromatic carbocycles. The van der Waals surface area contributed by atoms with Gasteiger partial charge in [0.15, 0.2) is 0 Å². The molecule has 1 aliphatic carbocycles. The average Bonchev–Trinajstić information content (AvgIpc) is 3.69. The number of carbonyl (C=O) groups is 2. The number of nitrogens with two attached hydrogens (primary N) is 1. The number of amides is 1. The maximum absolute atomic E-state index is 12.4. The van der Waals surface area contributed by atoms with Gasteiger partial charge < -0.3 is 25.4 Å². The van der Waals surface area contributed by atoms with Crippen molar-refractivity contribution in [1.82, 2.24) is 19.9 Å². The van der Waals surface area contributed by atoms with Crippen LogP contribution >= 0.6 is 0 Å². The molecule has 10 nitrogen and oxygen atoms in total. The third kappa shape index (κ3) is 4.32. The first-order chi connectivity index (χ1) is 18.1. The van der Waals surface area contributed by atoms with Gasteiger partial charge in [0.05, 0.1) is 29.7 Å². The first kappa shape index (κ1) is 24.5. The van der Waals surface area contributed by atoms with E-state index in [4.69, 9.17) is 20.2 Å². The number of anilines is 2. The van der Waals surface area contributed by atoms with Crippen LogP contribution in [0.5, 0.6) is 5.88 Å². The Labute approximate surface area is 220 Å². The highest BCUT2D eigenvalue weighted by Crippen LogP contribution is 2.38. The Kier molecular flexibility index (Phi) is 5.75. The molecule has 2 fully saturated rings. The molecule has 0 radical (unpaired) electrons. The predicted molar refractivity (Wildman–Crippen MR) is 141 cm³/mol. The van der Waals surface area contributed by atoms with E-state index in [9.17, 15) is 9.59 Å². The van der Waals surface area contributed by atoms with Gasteiger partial charge in [-0.1, -0.05) is 6.92 Å². The number of hydrogen-bond donors (Lipinski definition) is 2. The number of likely N-dealkylation sites (tertiary alicyclic amines) is 1. The molecule has 38 heavy (non-hydrogen) atoms. The lowest BCUT2D eigenvalue weighted by atomic mass is 9.84. The summed E-state index contributed by atoms with van der Waals surface area (Å²) in [5.41, 5.74) is 7.67. The second-order valence-corrected chi connectivity index (χ2v) is 11.1. The molecule has 2 aliphatic heterocycles. The number of nitrogens with zero attached hydrogens (tertiary/aromatic N) is 4. The van der Waals surface area contributed by atoms with Gasteiger partial charge in [0, 0.05) is 30.3 Å². The molecule has 3 aliphatic rings. The van der Waals surface area contributed by atoms with E-state index in [1.807, 2.05) is 38.7 Å². The van der Waals surface area contributed by atoms with Crippen molar-refractivity contribution in [1.29, 1.82) is 0 Å². The summed E-state index contributed by atoms with van der Waals surface area (Å²) in [5.74, 6) is 1.66. The molecule has 3 aromatic rings. The van der Waals surface area contributed by atoms with Crippen LogP contribution in [0.4, 0.5) is 11.6 Å². The van der Waals surface area contributed by atoms with Crippen LogP contribution < -0.4 is 15.8 Å². The molecule has 1 saturated heterocycles. The van der Waals surface area contributed by atoms with E-state index in [1.54, 1.807) is 24.5 Å². The van der Waals surface area contributed by atoms with Crippen molar-refractivity contribution >= 4 is 34.3 Å². The SMILES string of the molecule is CC(N)c1cnc(OC2CN(C(=O)C3CC3)C2)c2cnc(Nc3ccc4c(n3)C(C)C(C)(C)OC4=O)cc12. The van der Waals surface area contributed by atoms with Crippen molar-refractivity contribution in [3.8, 4) is 5.88 Å². The minimum absolute atomic E-state index is 0.0704. The van der Waals surface area contributed by atoms with Crippen molar-refractivity contribution in [3.63, 3.8) is 0 Å². The zero-order valence-electron chi connectivity index (χ0n) is 22.0. The van der Waals surface area contributed by atoms with E-state index in [0.717, 1.165) is 29.2 Å². The Balaban J connectivity index is 1.26. The summed E-state index contributed by atoms with van der Waals surface area (Å²) in [6.45, 7) is 8.84. The minimum atomic E-state index is -0.644. The molecule has 1 saturated carbocycles. The topological polar surface area (TPSA) is 133 Å². The summed E-state index contributed by atoms with van der Waals surface area (Å²) in [4.78, 5) is 40.4. The van der Waals surface area contributed by atoms with Crippen molar-refractivity contribution in [2.75, 3.05) is 18.4 Å². The number of esters is 1. The Bertz CT molecular complexity index is 1440. The highest BCUT2D eigenvalue weighted by molar-refractivity contribution is 5.93. The minimum Gasteiger partial charge on any atom is -0.470 e. The van der Waals surface area contributed by atoms with Crippen LogP contribution in [-0.2, 0) is 9.53 Å². The van der Waals surface area contributed by atoms with Crippen LogP contribution in [0.25, 0.3) is 10.8 Å². The Morgan fingerprint density at radius 2 is 1.95 bits per heavy atom. The number of cyclic esters (lactones) is 1. The molecule has 0 spiro atoms. The van der Waals surface area contributed by atoms with Gasteiger partial charge in [-0.25, -0.2) is 19.7 Å². The van der Waals surface area contributed by atoms with Gasteiger partial charge in [-0.05, 0) is 62.8 Å². The Morgan fingerprint density at radius 3 is 2.66 bits per heavy atom. The van der Waals surface area contributed by atoms with Gasteiger partial charge >= 0.3 is 5.97 Å². The normalized spacial score (nSPS) is 21.3. The van der Waals surface area contributed by atoms with Gasteiger partial charge in [-0.2, -0.15) is 0 Å². The standard InChI is InChI=1S/C28H32N6O4/c1-14-24-18(27(36)38-28(14,3)4)7-8-22(33-24)32-23-9-19-20(15(2)29)10-31-25(21(19)11-30-23)37-17-12-34(13-17)26(35)16-5-6-16/h7-11,14-17H,5-6,12-13,29H2,1-4H3,(H,30,32,33). The van der Waals surface area contributed by atoms with Crippen molar-refractivity contribution < 1.29 is 19.1 Å². The molecular formula is C28H32N6O4. The summed E-state index contributed by atoms with van der Waals surface area (Å²) in [6.07, 6.45) is 5.37. The molecular weight excluding hydrogens is 484 g/mol. The Morgan fingerprint density at radius 1 is 1.18 bits per heavy atom. The highest BCUT2D eigenvalue weighted by atomic mass is 16.6. The van der Waals surface area contributed by atoms with Gasteiger partial charge in [-0.15, -0.1) is 0 Å². The molecule has 3 aromatic heterocycles. The fraction of sp³-hybridized carbons (Fsp3) is 0.464. The molecule has 0 bridgehead atoms. The van der Waals surface area contributed by atoms with Crippen LogP contribution in [-0.4, -0.2) is 56.5 Å². The fourth-order valence-corrected chi connectivity index (χ4v) is 4.99. The summed E-state index contributed by atoms with van der Waals surface area (Å²) in [5, 5.41) is 4.91. The van der Waals surface area contributed by atoms with Crippen LogP contribution in [0.2, 0.25) is 0 Å². The van der Waals surface area contributed by atoms with E-state index in [-0.39, 0.29) is 35.9 Å². The maximum atomic E-state index is 12.4. The molecule has 1 amide bonds. The quantitative estimate of drug-likeness (QED) is 0.469. The lowest BCUT2D eigenvalue weighted by molar-refractivity contribution is -0.141. The van der Waals surface area contributed by atoms with E-state index in [0.29, 0.717) is 41.9 Å². The number of ether oxygens (including phenoxy) is 2. The van der Waals surface area contributed by atoms with Crippen molar-refractivity contribution in [2.24, 2.45) is 11.7 Å².